The summed E-state index contributed by atoms with van der Waals surface area (Å²) in [4.78, 5) is 29.1. The molecule has 1 saturated carbocycles. The quantitative estimate of drug-likeness (QED) is 0.254. The zero-order valence-corrected chi connectivity index (χ0v) is 25.7. The fraction of sp³-hybridized carbons (Fsp3) is 0.333. The first-order chi connectivity index (χ1) is 19.6. The lowest BCUT2D eigenvalue weighted by atomic mass is 10.1. The second-order valence-electron chi connectivity index (χ2n) is 9.99. The number of hydrogen-bond acceptors (Lipinski definition) is 4. The molecule has 0 saturated heterocycles. The van der Waals surface area contributed by atoms with Crippen LogP contribution >= 0.6 is 34.8 Å². The molecule has 3 aromatic rings. The SMILES string of the molecule is CCC(C(=O)NC1CCCC1)N(Cc1ccc(Cl)c(Cl)c1)C(=O)CN(c1ccc(Cl)cc1)S(=O)(=O)c1ccccc1. The van der Waals surface area contributed by atoms with Gasteiger partial charge in [-0.25, -0.2) is 8.42 Å². The number of amides is 2. The largest absolute Gasteiger partial charge is 0.352 e. The Bertz CT molecular complexity index is 1460. The van der Waals surface area contributed by atoms with Crippen molar-refractivity contribution in [2.45, 2.75) is 62.6 Å². The van der Waals surface area contributed by atoms with E-state index < -0.39 is 28.5 Å². The van der Waals surface area contributed by atoms with E-state index in [2.05, 4.69) is 5.32 Å². The number of sulfonamides is 1. The molecule has 41 heavy (non-hydrogen) atoms. The number of anilines is 1. The molecule has 3 aromatic carbocycles. The lowest BCUT2D eigenvalue weighted by Crippen LogP contribution is -2.53. The van der Waals surface area contributed by atoms with Crippen LogP contribution in [0.3, 0.4) is 0 Å². The third-order valence-electron chi connectivity index (χ3n) is 7.15. The van der Waals surface area contributed by atoms with E-state index in [1.54, 1.807) is 60.7 Å². The van der Waals surface area contributed by atoms with Crippen LogP contribution in [0.5, 0.6) is 0 Å². The summed E-state index contributed by atoms with van der Waals surface area (Å²) in [5.74, 6) is -0.810. The standard InChI is InChI=1S/C30H32Cl3N3O4S/c1-2-28(30(38)34-23-8-6-7-9-23)35(19-21-12-17-26(32)27(33)18-21)29(37)20-36(24-15-13-22(31)14-16-24)41(39,40)25-10-4-3-5-11-25/h3-5,10-18,23,28H,2,6-9,19-20H2,1H3,(H,34,38). The van der Waals surface area contributed by atoms with E-state index >= 15 is 0 Å². The molecule has 7 nitrogen and oxygen atoms in total. The third-order valence-corrected chi connectivity index (χ3v) is 9.93. The number of benzene rings is 3. The van der Waals surface area contributed by atoms with Crippen molar-refractivity contribution in [2.24, 2.45) is 0 Å². The van der Waals surface area contributed by atoms with Crippen LogP contribution in [0.15, 0.2) is 77.7 Å². The fourth-order valence-electron chi connectivity index (χ4n) is 4.98. The van der Waals surface area contributed by atoms with Gasteiger partial charge in [-0.2, -0.15) is 0 Å². The van der Waals surface area contributed by atoms with Crippen LogP contribution < -0.4 is 9.62 Å². The van der Waals surface area contributed by atoms with E-state index in [1.807, 2.05) is 6.92 Å². The van der Waals surface area contributed by atoms with Gasteiger partial charge in [-0.3, -0.25) is 13.9 Å². The Kier molecular flexibility index (Phi) is 10.6. The van der Waals surface area contributed by atoms with Gasteiger partial charge in [-0.05, 0) is 73.4 Å². The molecular weight excluding hydrogens is 605 g/mol. The maximum atomic E-state index is 14.1. The Balaban J connectivity index is 1.71. The highest BCUT2D eigenvalue weighted by atomic mass is 35.5. The second-order valence-corrected chi connectivity index (χ2v) is 13.1. The van der Waals surface area contributed by atoms with Crippen LogP contribution in [0.1, 0.15) is 44.6 Å². The molecule has 0 aromatic heterocycles. The number of halogens is 3. The number of carbonyl (C=O) groups is 2. The molecule has 1 atom stereocenters. The molecule has 1 aliphatic carbocycles. The topological polar surface area (TPSA) is 86.8 Å². The number of hydrogen-bond donors (Lipinski definition) is 1. The average molecular weight is 637 g/mol. The highest BCUT2D eigenvalue weighted by molar-refractivity contribution is 7.92. The summed E-state index contributed by atoms with van der Waals surface area (Å²) in [7, 11) is -4.15. The molecule has 11 heteroatoms. The van der Waals surface area contributed by atoms with Crippen molar-refractivity contribution in [1.29, 1.82) is 0 Å². The fourth-order valence-corrected chi connectivity index (χ4v) is 6.86. The Morgan fingerprint density at radius 1 is 0.927 bits per heavy atom. The molecule has 1 N–H and O–H groups in total. The van der Waals surface area contributed by atoms with Crippen molar-refractivity contribution in [2.75, 3.05) is 10.8 Å². The summed E-state index contributed by atoms with van der Waals surface area (Å²) < 4.78 is 28.7. The van der Waals surface area contributed by atoms with Crippen LogP contribution in [0, 0.1) is 0 Å². The smallest absolute Gasteiger partial charge is 0.264 e. The molecule has 0 heterocycles. The molecule has 1 aliphatic rings. The minimum absolute atomic E-state index is 0.0322. The van der Waals surface area contributed by atoms with Gasteiger partial charge in [-0.1, -0.05) is 78.8 Å². The summed E-state index contributed by atoms with van der Waals surface area (Å²) in [5, 5.41) is 4.19. The van der Waals surface area contributed by atoms with Gasteiger partial charge in [-0.15, -0.1) is 0 Å². The molecule has 1 unspecified atom stereocenters. The molecule has 0 spiro atoms. The number of carbonyl (C=O) groups excluding carboxylic acids is 2. The molecule has 1 fully saturated rings. The van der Waals surface area contributed by atoms with Crippen LogP contribution in [-0.2, 0) is 26.2 Å². The Labute approximate surface area is 256 Å². The predicted molar refractivity (Wildman–Crippen MR) is 164 cm³/mol. The van der Waals surface area contributed by atoms with Crippen molar-refractivity contribution in [3.63, 3.8) is 0 Å². The van der Waals surface area contributed by atoms with Crippen LogP contribution in [0.4, 0.5) is 5.69 Å². The van der Waals surface area contributed by atoms with Gasteiger partial charge in [0.05, 0.1) is 20.6 Å². The molecular formula is C30H32Cl3N3O4S. The number of rotatable bonds is 11. The summed E-state index contributed by atoms with van der Waals surface area (Å²) in [5.41, 5.74) is 0.924. The lowest BCUT2D eigenvalue weighted by Gasteiger charge is -2.33. The maximum absolute atomic E-state index is 14.1. The van der Waals surface area contributed by atoms with Gasteiger partial charge in [0.25, 0.3) is 10.0 Å². The van der Waals surface area contributed by atoms with Crippen LogP contribution in [0.25, 0.3) is 0 Å². The third kappa shape index (κ3) is 7.74. The molecule has 0 aliphatic heterocycles. The van der Waals surface area contributed by atoms with Gasteiger partial charge in [0.2, 0.25) is 11.8 Å². The summed E-state index contributed by atoms with van der Waals surface area (Å²) in [6, 6.07) is 18.3. The predicted octanol–water partition coefficient (Wildman–Crippen LogP) is 6.71. The van der Waals surface area contributed by atoms with Gasteiger partial charge >= 0.3 is 0 Å². The van der Waals surface area contributed by atoms with Crippen LogP contribution in [0.2, 0.25) is 15.1 Å². The van der Waals surface area contributed by atoms with E-state index in [4.69, 9.17) is 34.8 Å². The van der Waals surface area contributed by atoms with Crippen molar-refractivity contribution in [3.05, 3.63) is 93.4 Å². The molecule has 2 amide bonds. The lowest BCUT2D eigenvalue weighted by molar-refractivity contribution is -0.140. The zero-order valence-electron chi connectivity index (χ0n) is 22.6. The van der Waals surface area contributed by atoms with E-state index in [0.29, 0.717) is 27.1 Å². The number of nitrogens with one attached hydrogen (secondary N) is 1. The average Bonchev–Trinajstić information content (AvgIpc) is 3.47. The summed E-state index contributed by atoms with van der Waals surface area (Å²) in [6.07, 6.45) is 4.20. The zero-order chi connectivity index (χ0) is 29.6. The van der Waals surface area contributed by atoms with Gasteiger partial charge in [0.1, 0.15) is 12.6 Å². The molecule has 0 bridgehead atoms. The Morgan fingerprint density at radius 3 is 2.20 bits per heavy atom. The van der Waals surface area contributed by atoms with Gasteiger partial charge < -0.3 is 10.2 Å². The molecule has 0 radical (unpaired) electrons. The molecule has 4 rings (SSSR count). The monoisotopic (exact) mass is 635 g/mol. The second kappa shape index (κ2) is 13.9. The minimum Gasteiger partial charge on any atom is -0.352 e. The van der Waals surface area contributed by atoms with Crippen molar-refractivity contribution in [3.8, 4) is 0 Å². The van der Waals surface area contributed by atoms with Gasteiger partial charge in [0, 0.05) is 17.6 Å². The maximum Gasteiger partial charge on any atom is 0.264 e. The first-order valence-electron chi connectivity index (χ1n) is 13.5. The highest BCUT2D eigenvalue weighted by Crippen LogP contribution is 2.28. The number of nitrogens with zero attached hydrogens (tertiary/aromatic N) is 2. The highest BCUT2D eigenvalue weighted by Gasteiger charge is 2.34. The first kappa shape index (κ1) is 31.2. The Morgan fingerprint density at radius 2 is 1.59 bits per heavy atom. The van der Waals surface area contributed by atoms with E-state index in [1.165, 1.54) is 17.0 Å². The van der Waals surface area contributed by atoms with Crippen molar-refractivity contribution < 1.29 is 18.0 Å². The molecule has 218 valence electrons. The summed E-state index contributed by atoms with van der Waals surface area (Å²) in [6.45, 7) is 1.32. The van der Waals surface area contributed by atoms with Crippen LogP contribution in [-0.4, -0.2) is 43.8 Å². The van der Waals surface area contributed by atoms with E-state index in [0.717, 1.165) is 30.0 Å². The first-order valence-corrected chi connectivity index (χ1v) is 16.0. The minimum atomic E-state index is -4.15. The Hall–Kier alpha value is -2.78. The normalized spacial score (nSPS) is 14.4. The van der Waals surface area contributed by atoms with Gasteiger partial charge in [0.15, 0.2) is 0 Å². The van der Waals surface area contributed by atoms with Crippen molar-refractivity contribution >= 4 is 62.3 Å². The van der Waals surface area contributed by atoms with Crippen molar-refractivity contribution in [1.82, 2.24) is 10.2 Å². The van der Waals surface area contributed by atoms with E-state index in [9.17, 15) is 18.0 Å². The summed E-state index contributed by atoms with van der Waals surface area (Å²) >= 11 is 18.4. The van der Waals surface area contributed by atoms with E-state index in [-0.39, 0.29) is 29.1 Å².